The molecule has 0 aromatic heterocycles. The molecule has 0 saturated carbocycles. The first-order valence-corrected chi connectivity index (χ1v) is 8.53. The second-order valence-electron chi connectivity index (χ2n) is 7.31. The number of carbonyl (C=O) groups excluding carboxylic acids is 1. The monoisotopic (exact) mass is 328 g/mol. The van der Waals surface area contributed by atoms with E-state index in [1.807, 2.05) is 20.8 Å². The third-order valence-electron chi connectivity index (χ3n) is 3.62. The maximum atomic E-state index is 12.1. The lowest BCUT2D eigenvalue weighted by atomic mass is 9.93. The van der Waals surface area contributed by atoms with Gasteiger partial charge in [0.1, 0.15) is 5.60 Å². The van der Waals surface area contributed by atoms with Crippen molar-refractivity contribution < 1.29 is 9.53 Å². The summed E-state index contributed by atoms with van der Waals surface area (Å²) < 4.78 is 5.39. The number of amides is 1. The van der Waals surface area contributed by atoms with Crippen LogP contribution in [0.25, 0.3) is 0 Å². The minimum Gasteiger partial charge on any atom is -0.444 e. The zero-order valence-corrected chi connectivity index (χ0v) is 16.2. The number of aliphatic imine (C=N–C) groups is 1. The Hall–Kier alpha value is -1.46. The van der Waals surface area contributed by atoms with Crippen LogP contribution in [-0.2, 0) is 4.74 Å². The molecule has 0 rings (SSSR count). The first-order chi connectivity index (χ1) is 10.6. The lowest BCUT2D eigenvalue weighted by Crippen LogP contribution is -2.57. The van der Waals surface area contributed by atoms with Crippen molar-refractivity contribution in [2.24, 2.45) is 10.9 Å². The molecule has 0 unspecified atom stereocenters. The molecule has 0 spiro atoms. The van der Waals surface area contributed by atoms with Crippen LogP contribution in [0.2, 0.25) is 0 Å². The van der Waals surface area contributed by atoms with Gasteiger partial charge in [-0.05, 0) is 39.5 Å². The molecule has 0 aliphatic heterocycles. The minimum atomic E-state index is -0.500. The number of carbonyl (C=O) groups is 1. The van der Waals surface area contributed by atoms with Crippen molar-refractivity contribution in [3.8, 4) is 0 Å². The highest BCUT2D eigenvalue weighted by molar-refractivity contribution is 5.79. The summed E-state index contributed by atoms with van der Waals surface area (Å²) in [4.78, 5) is 16.3. The van der Waals surface area contributed by atoms with Gasteiger partial charge in [0.05, 0.1) is 5.54 Å². The normalized spacial score (nSPS) is 13.0. The summed E-state index contributed by atoms with van der Waals surface area (Å²) in [7, 11) is 1.75. The average Bonchev–Trinajstić information content (AvgIpc) is 2.43. The summed E-state index contributed by atoms with van der Waals surface area (Å²) in [6.07, 6.45) is 1.22. The summed E-state index contributed by atoms with van der Waals surface area (Å²) >= 11 is 0. The van der Waals surface area contributed by atoms with Crippen LogP contribution in [0.3, 0.4) is 0 Å². The molecule has 0 fully saturated rings. The van der Waals surface area contributed by atoms with Crippen molar-refractivity contribution >= 4 is 12.1 Å². The summed E-state index contributed by atoms with van der Waals surface area (Å²) in [6.45, 7) is 15.5. The minimum absolute atomic E-state index is 0.363. The lowest BCUT2D eigenvalue weighted by Gasteiger charge is -2.34. The quantitative estimate of drug-likeness (QED) is 0.496. The largest absolute Gasteiger partial charge is 0.444 e. The number of hydrogen-bond acceptors (Lipinski definition) is 3. The van der Waals surface area contributed by atoms with Crippen molar-refractivity contribution in [2.75, 3.05) is 20.1 Å². The lowest BCUT2D eigenvalue weighted by molar-refractivity contribution is 0.0448. The molecule has 0 aromatic carbocycles. The van der Waals surface area contributed by atoms with Gasteiger partial charge in [0.25, 0.3) is 0 Å². The predicted octanol–water partition coefficient (Wildman–Crippen LogP) is 2.89. The van der Waals surface area contributed by atoms with E-state index in [-0.39, 0.29) is 11.6 Å². The van der Waals surface area contributed by atoms with Crippen LogP contribution in [0.1, 0.15) is 61.3 Å². The molecule has 0 bridgehead atoms. The van der Waals surface area contributed by atoms with Crippen LogP contribution < -0.4 is 16.0 Å². The molecular weight excluding hydrogens is 292 g/mol. The van der Waals surface area contributed by atoms with Crippen molar-refractivity contribution in [2.45, 2.75) is 72.4 Å². The topological polar surface area (TPSA) is 74.8 Å². The Morgan fingerprint density at radius 3 is 2.09 bits per heavy atom. The Morgan fingerprint density at radius 1 is 1.13 bits per heavy atom. The SMILES string of the molecule is CCC(CC)(CNC(=NC)NCC(C)C)NC(=O)OC(C)(C)C. The molecule has 23 heavy (non-hydrogen) atoms. The Bertz CT molecular complexity index is 383. The summed E-state index contributed by atoms with van der Waals surface area (Å²) in [5.74, 6) is 1.28. The fourth-order valence-electron chi connectivity index (χ4n) is 2.02. The van der Waals surface area contributed by atoms with Crippen LogP contribution in [-0.4, -0.2) is 43.3 Å². The third kappa shape index (κ3) is 9.31. The van der Waals surface area contributed by atoms with E-state index in [0.29, 0.717) is 12.5 Å². The van der Waals surface area contributed by atoms with E-state index in [0.717, 1.165) is 25.3 Å². The maximum absolute atomic E-state index is 12.1. The molecule has 0 aliphatic rings. The van der Waals surface area contributed by atoms with Crippen LogP contribution in [0.5, 0.6) is 0 Å². The average molecular weight is 329 g/mol. The summed E-state index contributed by atoms with van der Waals surface area (Å²) in [6, 6.07) is 0. The number of ether oxygens (including phenoxy) is 1. The second-order valence-corrected chi connectivity index (χ2v) is 7.31. The highest BCUT2D eigenvalue weighted by Gasteiger charge is 2.30. The van der Waals surface area contributed by atoms with Gasteiger partial charge >= 0.3 is 6.09 Å². The molecule has 0 aromatic rings. The fourth-order valence-corrected chi connectivity index (χ4v) is 2.02. The molecular formula is C17H36N4O2. The molecule has 0 radical (unpaired) electrons. The Morgan fingerprint density at radius 2 is 1.70 bits per heavy atom. The van der Waals surface area contributed by atoms with Gasteiger partial charge in [-0.2, -0.15) is 0 Å². The number of guanidine groups is 1. The maximum Gasteiger partial charge on any atom is 0.408 e. The highest BCUT2D eigenvalue weighted by Crippen LogP contribution is 2.16. The number of nitrogens with one attached hydrogen (secondary N) is 3. The number of alkyl carbamates (subject to hydrolysis) is 1. The van der Waals surface area contributed by atoms with Gasteiger partial charge in [-0.1, -0.05) is 27.7 Å². The van der Waals surface area contributed by atoms with Crippen molar-refractivity contribution in [3.05, 3.63) is 0 Å². The van der Waals surface area contributed by atoms with Crippen molar-refractivity contribution in [1.29, 1.82) is 0 Å². The first-order valence-electron chi connectivity index (χ1n) is 8.53. The van der Waals surface area contributed by atoms with Gasteiger partial charge < -0.3 is 20.7 Å². The Labute approximate surface area is 141 Å². The number of hydrogen-bond donors (Lipinski definition) is 3. The zero-order valence-electron chi connectivity index (χ0n) is 16.2. The smallest absolute Gasteiger partial charge is 0.408 e. The molecule has 0 heterocycles. The van der Waals surface area contributed by atoms with E-state index >= 15 is 0 Å². The molecule has 1 amide bonds. The van der Waals surface area contributed by atoms with Crippen LogP contribution in [0, 0.1) is 5.92 Å². The molecule has 0 aliphatic carbocycles. The van der Waals surface area contributed by atoms with Gasteiger partial charge in [0.2, 0.25) is 0 Å². The Balaban J connectivity index is 4.73. The van der Waals surface area contributed by atoms with E-state index in [2.05, 4.69) is 48.6 Å². The van der Waals surface area contributed by atoms with Crippen LogP contribution in [0.15, 0.2) is 4.99 Å². The second kappa shape index (κ2) is 9.63. The number of rotatable bonds is 7. The van der Waals surface area contributed by atoms with E-state index in [4.69, 9.17) is 4.74 Å². The molecule has 6 heteroatoms. The molecule has 0 atom stereocenters. The summed E-state index contributed by atoms with van der Waals surface area (Å²) in [5.41, 5.74) is -0.864. The molecule has 0 saturated heterocycles. The van der Waals surface area contributed by atoms with Gasteiger partial charge in [0.15, 0.2) is 5.96 Å². The molecule has 6 nitrogen and oxygen atoms in total. The zero-order chi connectivity index (χ0) is 18.1. The van der Waals surface area contributed by atoms with Crippen LogP contribution >= 0.6 is 0 Å². The predicted molar refractivity (Wildman–Crippen MR) is 96.9 cm³/mol. The third-order valence-corrected chi connectivity index (χ3v) is 3.62. The standard InChI is InChI=1S/C17H36N4O2/c1-9-17(10-2,21-15(22)23-16(5,6)7)12-20-14(18-8)19-11-13(3)4/h13H,9-12H2,1-8H3,(H,21,22)(H2,18,19,20). The van der Waals surface area contributed by atoms with Crippen molar-refractivity contribution in [1.82, 2.24) is 16.0 Å². The van der Waals surface area contributed by atoms with Crippen molar-refractivity contribution in [3.63, 3.8) is 0 Å². The molecule has 3 N–H and O–H groups in total. The van der Waals surface area contributed by atoms with E-state index < -0.39 is 5.60 Å². The van der Waals surface area contributed by atoms with Gasteiger partial charge in [-0.25, -0.2) is 4.79 Å². The van der Waals surface area contributed by atoms with E-state index in [1.165, 1.54) is 0 Å². The highest BCUT2D eigenvalue weighted by atomic mass is 16.6. The summed E-state index contributed by atoms with van der Waals surface area (Å²) in [5, 5.41) is 9.60. The first kappa shape index (κ1) is 21.5. The molecule has 136 valence electrons. The van der Waals surface area contributed by atoms with E-state index in [9.17, 15) is 4.79 Å². The van der Waals surface area contributed by atoms with Crippen LogP contribution in [0.4, 0.5) is 4.79 Å². The van der Waals surface area contributed by atoms with E-state index in [1.54, 1.807) is 7.05 Å². The van der Waals surface area contributed by atoms with Gasteiger partial charge in [-0.15, -0.1) is 0 Å². The van der Waals surface area contributed by atoms with Gasteiger partial charge in [0, 0.05) is 20.1 Å². The fraction of sp³-hybridized carbons (Fsp3) is 0.882. The Kier molecular flexibility index (Phi) is 9.02. The van der Waals surface area contributed by atoms with Gasteiger partial charge in [-0.3, -0.25) is 4.99 Å². The number of nitrogens with zero attached hydrogens (tertiary/aromatic N) is 1.